The van der Waals surface area contributed by atoms with Crippen LogP contribution in [0, 0.1) is 0 Å². The molecule has 2 aromatic heterocycles. The molecule has 5 nitrogen and oxygen atoms in total. The maximum atomic E-state index is 11.6. The molecule has 0 bridgehead atoms. The first-order valence-corrected chi connectivity index (χ1v) is 16.7. The van der Waals surface area contributed by atoms with E-state index in [4.69, 9.17) is 21.3 Å². The van der Waals surface area contributed by atoms with E-state index in [2.05, 4.69) is 54.0 Å². The highest BCUT2D eigenvalue weighted by molar-refractivity contribution is 8.00. The van der Waals surface area contributed by atoms with Crippen molar-refractivity contribution < 1.29 is 14.6 Å². The minimum atomic E-state index is -0.905. The summed E-state index contributed by atoms with van der Waals surface area (Å²) in [4.78, 5) is 17.6. The number of carboxylic acid groups (broad SMARTS) is 1. The quantitative estimate of drug-likeness (QED) is 0.161. The van der Waals surface area contributed by atoms with Crippen molar-refractivity contribution in [2.75, 3.05) is 0 Å². The van der Waals surface area contributed by atoms with Gasteiger partial charge < -0.3 is 14.4 Å². The predicted octanol–water partition coefficient (Wildman–Crippen LogP) is 9.50. The average molecular weight is 645 g/mol. The minimum absolute atomic E-state index is 0.316. The van der Waals surface area contributed by atoms with Gasteiger partial charge in [-0.2, -0.15) is 0 Å². The van der Waals surface area contributed by atoms with Gasteiger partial charge in [-0.05, 0) is 78.4 Å². The number of ether oxygens (including phenoxy) is 1. The Hall–Kier alpha value is -4.52. The second kappa shape index (κ2) is 13.1. The molecule has 0 fully saturated rings. The Bertz CT molecular complexity index is 2020. The summed E-state index contributed by atoms with van der Waals surface area (Å²) in [6.45, 7) is 3.38. The van der Waals surface area contributed by atoms with Gasteiger partial charge in [0.15, 0.2) is 0 Å². The lowest BCUT2D eigenvalue weighted by molar-refractivity contribution is 0.0696. The van der Waals surface area contributed by atoms with E-state index in [0.29, 0.717) is 24.0 Å². The van der Waals surface area contributed by atoms with Gasteiger partial charge in [0.25, 0.3) is 0 Å². The fourth-order valence-corrected chi connectivity index (χ4v) is 7.76. The molecule has 0 amide bonds. The fourth-order valence-electron chi connectivity index (χ4n) is 6.29. The molecule has 46 heavy (non-hydrogen) atoms. The highest BCUT2D eigenvalue weighted by Gasteiger charge is 2.29. The molecule has 3 heterocycles. The number of hydrogen-bond donors (Lipinski definition) is 1. The second-order valence-corrected chi connectivity index (χ2v) is 13.6. The van der Waals surface area contributed by atoms with Gasteiger partial charge in [0, 0.05) is 50.1 Å². The first-order chi connectivity index (χ1) is 22.4. The molecule has 0 radical (unpaired) electrons. The van der Waals surface area contributed by atoms with Gasteiger partial charge in [-0.25, -0.2) is 4.79 Å². The van der Waals surface area contributed by atoms with E-state index in [0.717, 1.165) is 52.4 Å². The van der Waals surface area contributed by atoms with Crippen LogP contribution in [0.25, 0.3) is 22.0 Å². The molecule has 1 aliphatic rings. The van der Waals surface area contributed by atoms with Crippen molar-refractivity contribution in [2.45, 2.75) is 49.5 Å². The van der Waals surface area contributed by atoms with E-state index in [9.17, 15) is 9.90 Å². The molecule has 4 aromatic carbocycles. The average Bonchev–Trinajstić information content (AvgIpc) is 3.37. The molecule has 1 aliphatic heterocycles. The largest absolute Gasteiger partial charge is 0.487 e. The number of aromatic nitrogens is 2. The highest BCUT2D eigenvalue weighted by Crippen LogP contribution is 2.47. The third kappa shape index (κ3) is 6.28. The Morgan fingerprint density at radius 1 is 0.935 bits per heavy atom. The zero-order valence-electron chi connectivity index (χ0n) is 25.4. The first-order valence-electron chi connectivity index (χ1n) is 15.5. The van der Waals surface area contributed by atoms with Crippen LogP contribution in [-0.4, -0.2) is 25.9 Å². The molecule has 1 unspecified atom stereocenters. The summed E-state index contributed by atoms with van der Waals surface area (Å²) < 4.78 is 8.93. The van der Waals surface area contributed by atoms with Crippen molar-refractivity contribution in [3.05, 3.63) is 148 Å². The molecule has 7 heteroatoms. The normalized spacial score (nSPS) is 14.0. The number of carboxylic acids is 1. The number of benzene rings is 4. The summed E-state index contributed by atoms with van der Waals surface area (Å²) in [5, 5.41) is 11.9. The number of aryl methyl sites for hydroxylation is 1. The summed E-state index contributed by atoms with van der Waals surface area (Å²) in [6, 6.07) is 34.0. The summed E-state index contributed by atoms with van der Waals surface area (Å²) in [6.07, 6.45) is 4.35. The van der Waals surface area contributed by atoms with Gasteiger partial charge in [0.1, 0.15) is 12.4 Å². The molecular formula is C39H33ClN2O3S. The topological polar surface area (TPSA) is 64.3 Å². The second-order valence-electron chi connectivity index (χ2n) is 11.8. The van der Waals surface area contributed by atoms with Gasteiger partial charge in [-0.1, -0.05) is 79.2 Å². The maximum Gasteiger partial charge on any atom is 0.335 e. The lowest BCUT2D eigenvalue weighted by Gasteiger charge is -2.22. The van der Waals surface area contributed by atoms with Crippen LogP contribution in [0.5, 0.6) is 5.75 Å². The first kappa shape index (κ1) is 30.2. The number of halogens is 1. The predicted molar refractivity (Wildman–Crippen MR) is 186 cm³/mol. The lowest BCUT2D eigenvalue weighted by Crippen LogP contribution is -2.10. The van der Waals surface area contributed by atoms with Gasteiger partial charge in [-0.15, -0.1) is 11.8 Å². The molecule has 0 spiro atoms. The van der Waals surface area contributed by atoms with Gasteiger partial charge in [0.05, 0.1) is 16.8 Å². The van der Waals surface area contributed by atoms with Crippen molar-refractivity contribution >= 4 is 40.2 Å². The number of rotatable bonds is 10. The van der Waals surface area contributed by atoms with E-state index in [1.54, 1.807) is 12.1 Å². The van der Waals surface area contributed by atoms with Crippen LogP contribution in [0.1, 0.15) is 45.4 Å². The summed E-state index contributed by atoms with van der Waals surface area (Å²) in [5.74, 6) is -0.00290. The third-order valence-corrected chi connectivity index (χ3v) is 10.0. The molecule has 1 atom stereocenters. The Labute approximate surface area is 277 Å². The number of aromatic carboxylic acids is 1. The maximum absolute atomic E-state index is 11.6. The number of carbonyl (C=O) groups is 1. The highest BCUT2D eigenvalue weighted by atomic mass is 35.5. The van der Waals surface area contributed by atoms with E-state index in [1.165, 1.54) is 32.6 Å². The van der Waals surface area contributed by atoms with Crippen molar-refractivity contribution in [1.29, 1.82) is 0 Å². The standard InChI is InChI=1S/C39H33ClN2O3S/c1-25-20-33-36(45-24-32-16-13-30(22-41-32)28-7-3-2-4-8-28)19-18-34-37(33)38(46-25)35(42(34)23-27-10-14-31(40)15-11-27)17-12-26-6-5-9-29(21-26)39(43)44/h2-11,13-16,18-19,21-22,25H,12,17,20,23-24H2,1H3,(H,43,44). The molecule has 0 saturated carbocycles. The fraction of sp³-hybridized carbons (Fsp3) is 0.179. The SMILES string of the molecule is CC1Cc2c(OCc3ccc(-c4ccccc4)cn3)ccc3c2c(c(CCc2cccc(C(=O)O)c2)n3Cc2ccc(Cl)cc2)S1. The van der Waals surface area contributed by atoms with Crippen LogP contribution in [0.2, 0.25) is 5.02 Å². The van der Waals surface area contributed by atoms with Crippen molar-refractivity contribution in [3.63, 3.8) is 0 Å². The smallest absolute Gasteiger partial charge is 0.335 e. The Morgan fingerprint density at radius 3 is 2.52 bits per heavy atom. The minimum Gasteiger partial charge on any atom is -0.487 e. The van der Waals surface area contributed by atoms with Crippen molar-refractivity contribution in [1.82, 2.24) is 9.55 Å². The zero-order valence-corrected chi connectivity index (χ0v) is 27.0. The van der Waals surface area contributed by atoms with E-state index in [1.807, 2.05) is 66.5 Å². The van der Waals surface area contributed by atoms with Gasteiger partial charge in [-0.3, -0.25) is 4.98 Å². The van der Waals surface area contributed by atoms with Crippen LogP contribution >= 0.6 is 23.4 Å². The number of thioether (sulfide) groups is 1. The van der Waals surface area contributed by atoms with Crippen molar-refractivity contribution in [2.24, 2.45) is 0 Å². The summed E-state index contributed by atoms with van der Waals surface area (Å²) >= 11 is 8.15. The molecule has 1 N–H and O–H groups in total. The number of nitrogens with zero attached hydrogens (tertiary/aromatic N) is 2. The molecule has 0 saturated heterocycles. The van der Waals surface area contributed by atoms with E-state index in [-0.39, 0.29) is 0 Å². The van der Waals surface area contributed by atoms with Crippen LogP contribution < -0.4 is 4.74 Å². The Kier molecular flexibility index (Phi) is 8.57. The van der Waals surface area contributed by atoms with Crippen LogP contribution in [0.4, 0.5) is 0 Å². The molecule has 6 aromatic rings. The van der Waals surface area contributed by atoms with Crippen LogP contribution in [-0.2, 0) is 32.4 Å². The summed E-state index contributed by atoms with van der Waals surface area (Å²) in [7, 11) is 0. The monoisotopic (exact) mass is 644 g/mol. The molecule has 230 valence electrons. The molecule has 7 rings (SSSR count). The number of pyridine rings is 1. The van der Waals surface area contributed by atoms with Crippen LogP contribution in [0.3, 0.4) is 0 Å². The van der Waals surface area contributed by atoms with Gasteiger partial charge >= 0.3 is 5.97 Å². The zero-order chi connectivity index (χ0) is 31.6. The Balaban J connectivity index is 1.23. The van der Waals surface area contributed by atoms with Crippen LogP contribution in [0.15, 0.2) is 114 Å². The lowest BCUT2D eigenvalue weighted by atomic mass is 10.0. The summed E-state index contributed by atoms with van der Waals surface area (Å²) in [5.41, 5.74) is 9.30. The van der Waals surface area contributed by atoms with Crippen molar-refractivity contribution in [3.8, 4) is 16.9 Å². The number of hydrogen-bond acceptors (Lipinski definition) is 4. The molecule has 0 aliphatic carbocycles. The van der Waals surface area contributed by atoms with Gasteiger partial charge in [0.2, 0.25) is 0 Å². The Morgan fingerprint density at radius 2 is 1.76 bits per heavy atom. The van der Waals surface area contributed by atoms with E-state index < -0.39 is 5.97 Å². The third-order valence-electron chi connectivity index (χ3n) is 8.55. The van der Waals surface area contributed by atoms with E-state index >= 15 is 0 Å². The molecular weight excluding hydrogens is 612 g/mol.